The highest BCUT2D eigenvalue weighted by molar-refractivity contribution is 5.88. The first-order valence-electron chi connectivity index (χ1n) is 6.14. The normalized spacial score (nSPS) is 19.5. The van der Waals surface area contributed by atoms with Gasteiger partial charge in [0.25, 0.3) is 0 Å². The molecule has 0 saturated heterocycles. The van der Waals surface area contributed by atoms with E-state index in [0.717, 1.165) is 24.9 Å². The monoisotopic (exact) mass is 245 g/mol. The van der Waals surface area contributed by atoms with Gasteiger partial charge in [-0.1, -0.05) is 6.07 Å². The second kappa shape index (κ2) is 3.57. The maximum atomic E-state index is 11.6. The molecule has 3 rings (SSSR count). The summed E-state index contributed by atoms with van der Waals surface area (Å²) in [7, 11) is 0. The fraction of sp³-hybridized carbons (Fsp3) is 0.429. The highest BCUT2D eigenvalue weighted by Gasteiger charge is 2.49. The minimum atomic E-state index is -0.914. The van der Waals surface area contributed by atoms with Gasteiger partial charge in [0.2, 0.25) is 5.91 Å². The molecule has 1 saturated carbocycles. The van der Waals surface area contributed by atoms with Gasteiger partial charge in [-0.05, 0) is 36.1 Å². The van der Waals surface area contributed by atoms with Gasteiger partial charge in [-0.25, -0.2) is 4.79 Å². The van der Waals surface area contributed by atoms with Crippen molar-refractivity contribution in [3.63, 3.8) is 0 Å². The van der Waals surface area contributed by atoms with Crippen LogP contribution in [0, 0.1) is 0 Å². The summed E-state index contributed by atoms with van der Waals surface area (Å²) in [5.41, 5.74) is 2.64. The van der Waals surface area contributed by atoms with Crippen molar-refractivity contribution in [2.75, 3.05) is 6.54 Å². The van der Waals surface area contributed by atoms with Crippen LogP contribution in [-0.2, 0) is 16.8 Å². The van der Waals surface area contributed by atoms with E-state index in [2.05, 4.69) is 0 Å². The molecule has 0 radical (unpaired) electrons. The first kappa shape index (κ1) is 11.3. The molecular weight excluding hydrogens is 230 g/mol. The second-order valence-electron chi connectivity index (χ2n) is 5.33. The van der Waals surface area contributed by atoms with Crippen molar-refractivity contribution < 1.29 is 14.7 Å². The predicted molar refractivity (Wildman–Crippen MR) is 65.4 cm³/mol. The summed E-state index contributed by atoms with van der Waals surface area (Å²) in [6.45, 7) is 2.89. The first-order valence-corrected chi connectivity index (χ1v) is 6.14. The molecule has 1 aliphatic heterocycles. The number of aromatic carboxylic acids is 1. The minimum absolute atomic E-state index is 0.0626. The lowest BCUT2D eigenvalue weighted by atomic mass is 9.86. The summed E-state index contributed by atoms with van der Waals surface area (Å²) in [4.78, 5) is 24.4. The average Bonchev–Trinajstić information content (AvgIpc) is 3.08. The smallest absolute Gasteiger partial charge is 0.335 e. The molecule has 0 unspecified atom stereocenters. The third-order valence-electron chi connectivity index (χ3n) is 4.08. The number of benzene rings is 1. The van der Waals surface area contributed by atoms with E-state index in [9.17, 15) is 9.59 Å². The molecule has 1 fully saturated rings. The molecule has 94 valence electrons. The summed E-state index contributed by atoms with van der Waals surface area (Å²) in [5.74, 6) is -0.852. The average molecular weight is 245 g/mol. The maximum Gasteiger partial charge on any atom is 0.335 e. The van der Waals surface area contributed by atoms with E-state index in [-0.39, 0.29) is 11.3 Å². The van der Waals surface area contributed by atoms with Gasteiger partial charge < -0.3 is 10.0 Å². The number of nitrogens with zero attached hydrogens (tertiary/aromatic N) is 1. The van der Waals surface area contributed by atoms with Crippen molar-refractivity contribution in [3.05, 3.63) is 34.9 Å². The summed E-state index contributed by atoms with van der Waals surface area (Å²) in [6, 6.07) is 5.32. The van der Waals surface area contributed by atoms with Crippen LogP contribution in [0.4, 0.5) is 0 Å². The zero-order chi connectivity index (χ0) is 12.9. The lowest BCUT2D eigenvalue weighted by Crippen LogP contribution is -2.40. The van der Waals surface area contributed by atoms with Crippen LogP contribution in [0.5, 0.6) is 0 Å². The van der Waals surface area contributed by atoms with Gasteiger partial charge in [0, 0.05) is 25.4 Å². The van der Waals surface area contributed by atoms with E-state index in [1.807, 2.05) is 11.0 Å². The predicted octanol–water partition coefficient (Wildman–Crippen LogP) is 1.78. The number of hydrogen-bond donors (Lipinski definition) is 1. The number of hydrogen-bond acceptors (Lipinski definition) is 2. The van der Waals surface area contributed by atoms with Crippen molar-refractivity contribution in [1.82, 2.24) is 4.90 Å². The first-order chi connectivity index (χ1) is 8.52. The topological polar surface area (TPSA) is 57.6 Å². The Hall–Kier alpha value is -1.84. The van der Waals surface area contributed by atoms with Crippen molar-refractivity contribution >= 4 is 11.9 Å². The Balaban J connectivity index is 2.05. The van der Waals surface area contributed by atoms with E-state index in [1.54, 1.807) is 19.1 Å². The molecule has 4 nitrogen and oxygen atoms in total. The Morgan fingerprint density at radius 2 is 2.06 bits per heavy atom. The number of carboxylic acids is 1. The van der Waals surface area contributed by atoms with Crippen LogP contribution in [0.2, 0.25) is 0 Å². The van der Waals surface area contributed by atoms with Gasteiger partial charge in [-0.15, -0.1) is 0 Å². The molecule has 0 atom stereocenters. The number of carbonyl (C=O) groups is 2. The van der Waals surface area contributed by atoms with Crippen LogP contribution < -0.4 is 0 Å². The molecule has 1 amide bonds. The summed E-state index contributed by atoms with van der Waals surface area (Å²) >= 11 is 0. The zero-order valence-electron chi connectivity index (χ0n) is 10.3. The molecule has 4 heteroatoms. The van der Waals surface area contributed by atoms with Crippen molar-refractivity contribution in [2.24, 2.45) is 0 Å². The number of carboxylic acid groups (broad SMARTS) is 1. The van der Waals surface area contributed by atoms with E-state index in [0.29, 0.717) is 12.1 Å². The largest absolute Gasteiger partial charge is 0.478 e. The van der Waals surface area contributed by atoms with E-state index >= 15 is 0 Å². The van der Waals surface area contributed by atoms with Gasteiger partial charge in [0.1, 0.15) is 0 Å². The second-order valence-corrected chi connectivity index (χ2v) is 5.33. The molecule has 2 aliphatic rings. The summed E-state index contributed by atoms with van der Waals surface area (Å²) < 4.78 is 0. The molecular formula is C14H15NO3. The van der Waals surface area contributed by atoms with Crippen LogP contribution in [0.3, 0.4) is 0 Å². The zero-order valence-corrected chi connectivity index (χ0v) is 10.3. The quantitative estimate of drug-likeness (QED) is 0.820. The SMILES string of the molecule is CC(=O)N1Cc2cc(C(=O)O)ccc2C2(CC2)C1. The number of rotatable bonds is 1. The molecule has 1 heterocycles. The fourth-order valence-electron chi connectivity index (χ4n) is 2.89. The van der Waals surface area contributed by atoms with Crippen LogP contribution >= 0.6 is 0 Å². The molecule has 1 N–H and O–H groups in total. The highest BCUT2D eigenvalue weighted by Crippen LogP contribution is 2.52. The molecule has 0 aromatic heterocycles. The highest BCUT2D eigenvalue weighted by atomic mass is 16.4. The summed E-state index contributed by atoms with van der Waals surface area (Å²) in [6.07, 6.45) is 2.19. The van der Waals surface area contributed by atoms with Gasteiger partial charge in [0.15, 0.2) is 0 Å². The molecule has 1 spiro atoms. The van der Waals surface area contributed by atoms with E-state index < -0.39 is 5.97 Å². The van der Waals surface area contributed by atoms with Crippen LogP contribution in [0.1, 0.15) is 41.3 Å². The Kier molecular flexibility index (Phi) is 2.24. The van der Waals surface area contributed by atoms with Crippen molar-refractivity contribution in [1.29, 1.82) is 0 Å². The minimum Gasteiger partial charge on any atom is -0.478 e. The number of amides is 1. The van der Waals surface area contributed by atoms with Crippen LogP contribution in [0.15, 0.2) is 18.2 Å². The van der Waals surface area contributed by atoms with Gasteiger partial charge in [-0.2, -0.15) is 0 Å². The lowest BCUT2D eigenvalue weighted by molar-refractivity contribution is -0.130. The van der Waals surface area contributed by atoms with Crippen molar-refractivity contribution in [2.45, 2.75) is 31.7 Å². The number of fused-ring (bicyclic) bond motifs is 2. The fourth-order valence-corrected chi connectivity index (χ4v) is 2.89. The van der Waals surface area contributed by atoms with E-state index in [1.165, 1.54) is 5.56 Å². The van der Waals surface area contributed by atoms with E-state index in [4.69, 9.17) is 5.11 Å². The Morgan fingerprint density at radius 3 is 2.61 bits per heavy atom. The van der Waals surface area contributed by atoms with Gasteiger partial charge in [-0.3, -0.25) is 4.79 Å². The van der Waals surface area contributed by atoms with Crippen LogP contribution in [-0.4, -0.2) is 28.4 Å². The third-order valence-corrected chi connectivity index (χ3v) is 4.08. The van der Waals surface area contributed by atoms with Gasteiger partial charge in [0.05, 0.1) is 5.56 Å². The lowest BCUT2D eigenvalue weighted by Gasteiger charge is -2.34. The molecule has 0 bridgehead atoms. The van der Waals surface area contributed by atoms with Gasteiger partial charge >= 0.3 is 5.97 Å². The molecule has 1 aliphatic carbocycles. The number of carbonyl (C=O) groups excluding carboxylic acids is 1. The third kappa shape index (κ3) is 1.60. The van der Waals surface area contributed by atoms with Crippen LogP contribution in [0.25, 0.3) is 0 Å². The maximum absolute atomic E-state index is 11.6. The standard InChI is InChI=1S/C14H15NO3/c1-9(16)15-7-11-6-10(13(17)18)2-3-12(11)14(8-15)4-5-14/h2-3,6H,4-5,7-8H2,1H3,(H,17,18). The Bertz CT molecular complexity index is 546. The molecule has 1 aromatic carbocycles. The Morgan fingerprint density at radius 1 is 1.33 bits per heavy atom. The molecule has 18 heavy (non-hydrogen) atoms. The van der Waals surface area contributed by atoms with Crippen molar-refractivity contribution in [3.8, 4) is 0 Å². The molecule has 1 aromatic rings. The Labute approximate surface area is 105 Å². The summed E-state index contributed by atoms with van der Waals surface area (Å²) in [5, 5.41) is 9.03.